The molecule has 160 valence electrons. The van der Waals surface area contributed by atoms with Gasteiger partial charge in [-0.1, -0.05) is 53.2 Å². The third-order valence-electron chi connectivity index (χ3n) is 5.66. The van der Waals surface area contributed by atoms with E-state index in [0.29, 0.717) is 30.4 Å². The second-order valence-corrected chi connectivity index (χ2v) is 7.98. The molecule has 7 heteroatoms. The van der Waals surface area contributed by atoms with Gasteiger partial charge in [0.2, 0.25) is 17.6 Å². The number of likely N-dealkylation sites (tertiary alicyclic amines) is 1. The van der Waals surface area contributed by atoms with Crippen molar-refractivity contribution in [2.75, 3.05) is 13.1 Å². The van der Waals surface area contributed by atoms with Gasteiger partial charge in [0.05, 0.1) is 0 Å². The maximum absolute atomic E-state index is 12.8. The number of amides is 2. The lowest BCUT2D eigenvalue weighted by atomic mass is 9.96. The number of nitrogens with one attached hydrogen (secondary N) is 1. The Bertz CT molecular complexity index is 1040. The zero-order valence-electron chi connectivity index (χ0n) is 17.7. The van der Waals surface area contributed by atoms with Crippen molar-refractivity contribution >= 4 is 11.8 Å². The summed E-state index contributed by atoms with van der Waals surface area (Å²) in [5.41, 5.74) is 2.65. The molecular formula is C24H26N4O3. The molecule has 1 saturated heterocycles. The number of rotatable bonds is 5. The van der Waals surface area contributed by atoms with Crippen LogP contribution in [0.25, 0.3) is 11.4 Å². The number of nitrogens with zero attached hydrogens (tertiary/aromatic N) is 3. The Morgan fingerprint density at radius 3 is 2.42 bits per heavy atom. The zero-order chi connectivity index (χ0) is 21.8. The molecule has 0 saturated carbocycles. The second kappa shape index (κ2) is 9.12. The Morgan fingerprint density at radius 1 is 1.06 bits per heavy atom. The number of aromatic nitrogens is 2. The van der Waals surface area contributed by atoms with E-state index >= 15 is 0 Å². The summed E-state index contributed by atoms with van der Waals surface area (Å²) in [6, 6.07) is 16.3. The van der Waals surface area contributed by atoms with Crippen LogP contribution < -0.4 is 5.32 Å². The van der Waals surface area contributed by atoms with Crippen LogP contribution >= 0.6 is 0 Å². The highest BCUT2D eigenvalue weighted by molar-refractivity contribution is 5.97. The average Bonchev–Trinajstić information content (AvgIpc) is 3.30. The van der Waals surface area contributed by atoms with Crippen LogP contribution in [0, 0.1) is 6.92 Å². The summed E-state index contributed by atoms with van der Waals surface area (Å²) in [5, 5.41) is 6.91. The number of carbonyl (C=O) groups excluding carboxylic acids is 2. The second-order valence-electron chi connectivity index (χ2n) is 7.98. The van der Waals surface area contributed by atoms with Crippen molar-refractivity contribution in [3.05, 3.63) is 71.6 Å². The fourth-order valence-corrected chi connectivity index (χ4v) is 3.77. The van der Waals surface area contributed by atoms with Gasteiger partial charge in [-0.2, -0.15) is 4.98 Å². The molecule has 4 rings (SSSR count). The Hall–Kier alpha value is -3.48. The normalized spacial score (nSPS) is 15.5. The molecule has 0 aliphatic carbocycles. The summed E-state index contributed by atoms with van der Waals surface area (Å²) in [5.74, 6) is 1.02. The molecular weight excluding hydrogens is 392 g/mol. The van der Waals surface area contributed by atoms with Crippen LogP contribution in [0.1, 0.15) is 47.5 Å². The van der Waals surface area contributed by atoms with E-state index in [9.17, 15) is 9.59 Å². The predicted molar refractivity (Wildman–Crippen MR) is 116 cm³/mol. The van der Waals surface area contributed by atoms with Crippen LogP contribution in [-0.2, 0) is 4.79 Å². The molecule has 2 amide bonds. The van der Waals surface area contributed by atoms with E-state index in [1.165, 1.54) is 5.56 Å². The first-order valence-corrected chi connectivity index (χ1v) is 10.6. The topological polar surface area (TPSA) is 88.3 Å². The maximum atomic E-state index is 12.8. The molecule has 0 bridgehead atoms. The number of benzene rings is 2. The number of hydrogen-bond donors (Lipinski definition) is 1. The van der Waals surface area contributed by atoms with Gasteiger partial charge in [0.15, 0.2) is 0 Å². The summed E-state index contributed by atoms with van der Waals surface area (Å²) in [6.45, 7) is 4.95. The number of piperidine rings is 1. The molecule has 1 N–H and O–H groups in total. The summed E-state index contributed by atoms with van der Waals surface area (Å²) >= 11 is 0. The number of hydrogen-bond acceptors (Lipinski definition) is 5. The first-order valence-electron chi connectivity index (χ1n) is 10.6. The molecule has 0 radical (unpaired) electrons. The van der Waals surface area contributed by atoms with Gasteiger partial charge in [0, 0.05) is 30.1 Å². The van der Waals surface area contributed by atoms with Crippen LogP contribution in [0.4, 0.5) is 0 Å². The van der Waals surface area contributed by atoms with Crippen molar-refractivity contribution in [2.24, 2.45) is 0 Å². The Kier molecular flexibility index (Phi) is 6.11. The molecule has 3 aromatic rings. The summed E-state index contributed by atoms with van der Waals surface area (Å²) in [6.07, 6.45) is 1.50. The summed E-state index contributed by atoms with van der Waals surface area (Å²) in [4.78, 5) is 31.5. The molecule has 1 aliphatic heterocycles. The van der Waals surface area contributed by atoms with E-state index in [1.54, 1.807) is 36.1 Å². The highest BCUT2D eigenvalue weighted by Gasteiger charge is 2.30. The molecule has 1 fully saturated rings. The molecule has 0 unspecified atom stereocenters. The van der Waals surface area contributed by atoms with Crippen molar-refractivity contribution < 1.29 is 14.1 Å². The van der Waals surface area contributed by atoms with Crippen molar-refractivity contribution in [2.45, 2.75) is 38.6 Å². The largest absolute Gasteiger partial charge is 0.341 e. The minimum atomic E-state index is -0.583. The average molecular weight is 418 g/mol. The van der Waals surface area contributed by atoms with Gasteiger partial charge >= 0.3 is 0 Å². The lowest BCUT2D eigenvalue weighted by Gasteiger charge is -2.32. The maximum Gasteiger partial charge on any atom is 0.251 e. The van der Waals surface area contributed by atoms with Crippen molar-refractivity contribution in [1.82, 2.24) is 20.4 Å². The molecule has 1 aliphatic rings. The highest BCUT2D eigenvalue weighted by atomic mass is 16.5. The van der Waals surface area contributed by atoms with Gasteiger partial charge in [0.1, 0.15) is 6.04 Å². The first-order chi connectivity index (χ1) is 15.0. The monoisotopic (exact) mass is 418 g/mol. The highest BCUT2D eigenvalue weighted by Crippen LogP contribution is 2.28. The fraction of sp³-hybridized carbons (Fsp3) is 0.333. The van der Waals surface area contributed by atoms with Crippen LogP contribution in [-0.4, -0.2) is 46.0 Å². The third kappa shape index (κ3) is 4.82. The van der Waals surface area contributed by atoms with Crippen LogP contribution in [0.3, 0.4) is 0 Å². The minimum Gasteiger partial charge on any atom is -0.341 e. The van der Waals surface area contributed by atoms with E-state index in [-0.39, 0.29) is 17.7 Å². The van der Waals surface area contributed by atoms with Crippen LogP contribution in [0.15, 0.2) is 59.1 Å². The zero-order valence-corrected chi connectivity index (χ0v) is 17.7. The van der Waals surface area contributed by atoms with E-state index in [4.69, 9.17) is 4.52 Å². The number of carbonyl (C=O) groups is 2. The lowest BCUT2D eigenvalue weighted by Crippen LogP contribution is -2.49. The quantitative estimate of drug-likeness (QED) is 0.684. The third-order valence-corrected chi connectivity index (χ3v) is 5.66. The molecule has 0 spiro atoms. The molecule has 1 aromatic heterocycles. The standard InChI is InChI=1S/C24H26N4O3/c1-16-8-10-18(11-9-16)21-26-23(31-27-21)20-12-14-28(15-13-20)24(30)17(2)25-22(29)19-6-4-3-5-7-19/h3-11,17,20H,12-15H2,1-2H3,(H,25,29)/t17-/m1/s1. The van der Waals surface area contributed by atoms with Crippen LogP contribution in [0.5, 0.6) is 0 Å². The Balaban J connectivity index is 1.31. The Morgan fingerprint density at radius 2 is 1.74 bits per heavy atom. The predicted octanol–water partition coefficient (Wildman–Crippen LogP) is 3.57. The molecule has 2 heterocycles. The smallest absolute Gasteiger partial charge is 0.251 e. The van der Waals surface area contributed by atoms with Gasteiger partial charge < -0.3 is 14.7 Å². The molecule has 31 heavy (non-hydrogen) atoms. The molecule has 1 atom stereocenters. The van der Waals surface area contributed by atoms with E-state index in [1.807, 2.05) is 37.3 Å². The van der Waals surface area contributed by atoms with Gasteiger partial charge in [-0.15, -0.1) is 0 Å². The molecule has 2 aromatic carbocycles. The summed E-state index contributed by atoms with van der Waals surface area (Å²) < 4.78 is 5.51. The summed E-state index contributed by atoms with van der Waals surface area (Å²) in [7, 11) is 0. The van der Waals surface area contributed by atoms with Gasteiger partial charge in [0.25, 0.3) is 5.91 Å². The van der Waals surface area contributed by atoms with Crippen LogP contribution in [0.2, 0.25) is 0 Å². The minimum absolute atomic E-state index is 0.0754. The molecule has 7 nitrogen and oxygen atoms in total. The first kappa shape index (κ1) is 20.8. The van der Waals surface area contributed by atoms with Crippen molar-refractivity contribution in [3.8, 4) is 11.4 Å². The lowest BCUT2D eigenvalue weighted by molar-refractivity contribution is -0.134. The van der Waals surface area contributed by atoms with E-state index < -0.39 is 6.04 Å². The van der Waals surface area contributed by atoms with Gasteiger partial charge in [-0.3, -0.25) is 9.59 Å². The Labute approximate surface area is 181 Å². The van der Waals surface area contributed by atoms with E-state index in [2.05, 4.69) is 15.5 Å². The van der Waals surface area contributed by atoms with Gasteiger partial charge in [-0.25, -0.2) is 0 Å². The van der Waals surface area contributed by atoms with E-state index in [0.717, 1.165) is 18.4 Å². The fourth-order valence-electron chi connectivity index (χ4n) is 3.77. The van der Waals surface area contributed by atoms with Crippen molar-refractivity contribution in [3.63, 3.8) is 0 Å². The van der Waals surface area contributed by atoms with Crippen molar-refractivity contribution in [1.29, 1.82) is 0 Å². The number of aryl methyl sites for hydroxylation is 1. The van der Waals surface area contributed by atoms with Gasteiger partial charge in [-0.05, 0) is 38.8 Å². The SMILES string of the molecule is Cc1ccc(-c2noc(C3CCN(C(=O)[C@@H](C)NC(=O)c4ccccc4)CC3)n2)cc1.